The maximum atomic E-state index is 10.2. The zero-order valence-corrected chi connectivity index (χ0v) is 7.37. The molecule has 2 nitrogen and oxygen atoms in total. The minimum absolute atomic E-state index is 0.287. The highest BCUT2D eigenvalue weighted by atomic mass is 79.9. The lowest BCUT2D eigenvalue weighted by Crippen LogP contribution is -2.20. The van der Waals surface area contributed by atoms with Gasteiger partial charge in [-0.15, -0.1) is 11.3 Å². The largest absolute Gasteiger partial charge is 0.544 e. The van der Waals surface area contributed by atoms with Crippen LogP contribution in [0.15, 0.2) is 12.1 Å². The molecule has 0 aliphatic carbocycles. The molecule has 0 radical (unpaired) electrons. The summed E-state index contributed by atoms with van der Waals surface area (Å²) in [4.78, 5) is 11.5. The topological polar surface area (TPSA) is 40.1 Å². The van der Waals surface area contributed by atoms with Crippen molar-refractivity contribution in [3.63, 3.8) is 0 Å². The van der Waals surface area contributed by atoms with Crippen LogP contribution in [0.3, 0.4) is 0 Å². The maximum Gasteiger partial charge on any atom is 0.0815 e. The Hall–Kier alpha value is -0.350. The van der Waals surface area contributed by atoms with E-state index in [1.807, 2.05) is 0 Å². The van der Waals surface area contributed by atoms with E-state index in [-0.39, 0.29) is 4.88 Å². The minimum Gasteiger partial charge on any atom is -0.544 e. The second kappa shape index (κ2) is 3.16. The molecule has 0 aromatic carbocycles. The first-order chi connectivity index (χ1) is 4.74. The first kappa shape index (κ1) is 7.75. The highest BCUT2D eigenvalue weighted by molar-refractivity contribution is 9.08. The molecule has 0 N–H and O–H groups in total. The Bertz CT molecular complexity index is 244. The number of hydrogen-bond acceptors (Lipinski definition) is 3. The molecule has 0 saturated carbocycles. The molecule has 10 heavy (non-hydrogen) atoms. The molecule has 0 amide bonds. The summed E-state index contributed by atoms with van der Waals surface area (Å²) in [7, 11) is 0. The molecule has 54 valence electrons. The van der Waals surface area contributed by atoms with Gasteiger partial charge in [0.15, 0.2) is 0 Å². The lowest BCUT2D eigenvalue weighted by Gasteiger charge is -1.92. The molecule has 4 heteroatoms. The summed E-state index contributed by atoms with van der Waals surface area (Å²) in [5.41, 5.74) is 0. The summed E-state index contributed by atoms with van der Waals surface area (Å²) in [5, 5.41) is 10.9. The summed E-state index contributed by atoms with van der Waals surface area (Å²) in [5.74, 6) is -1.10. The number of thiophene rings is 1. The number of rotatable bonds is 2. The summed E-state index contributed by atoms with van der Waals surface area (Å²) in [6.45, 7) is 0. The molecule has 1 aromatic heterocycles. The monoisotopic (exact) mass is 219 g/mol. The SMILES string of the molecule is O=C([O-])c1ccc(CBr)s1. The lowest BCUT2D eigenvalue weighted by molar-refractivity contribution is -0.254. The van der Waals surface area contributed by atoms with Crippen LogP contribution in [0.1, 0.15) is 14.5 Å². The van der Waals surface area contributed by atoms with E-state index in [1.54, 1.807) is 12.1 Å². The van der Waals surface area contributed by atoms with E-state index in [0.29, 0.717) is 5.33 Å². The third kappa shape index (κ3) is 1.58. The van der Waals surface area contributed by atoms with Gasteiger partial charge in [-0.05, 0) is 12.1 Å². The molecule has 0 unspecified atom stereocenters. The van der Waals surface area contributed by atoms with E-state index < -0.39 is 5.97 Å². The fourth-order valence-electron chi connectivity index (χ4n) is 0.559. The normalized spacial score (nSPS) is 9.70. The summed E-state index contributed by atoms with van der Waals surface area (Å²) >= 11 is 4.45. The van der Waals surface area contributed by atoms with Crippen LogP contribution in [0.4, 0.5) is 0 Å². The zero-order chi connectivity index (χ0) is 7.56. The molecular weight excluding hydrogens is 216 g/mol. The van der Waals surface area contributed by atoms with Crippen LogP contribution >= 0.6 is 27.3 Å². The number of carbonyl (C=O) groups excluding carboxylic acids is 1. The Morgan fingerprint density at radius 1 is 1.70 bits per heavy atom. The van der Waals surface area contributed by atoms with E-state index >= 15 is 0 Å². The van der Waals surface area contributed by atoms with Gasteiger partial charge in [-0.3, -0.25) is 0 Å². The van der Waals surface area contributed by atoms with Crippen molar-refractivity contribution in [3.8, 4) is 0 Å². The molecule has 0 bridgehead atoms. The Morgan fingerprint density at radius 2 is 2.40 bits per heavy atom. The number of halogens is 1. The van der Waals surface area contributed by atoms with Gasteiger partial charge in [0, 0.05) is 10.2 Å². The van der Waals surface area contributed by atoms with Crippen molar-refractivity contribution >= 4 is 33.2 Å². The first-order valence-corrected chi connectivity index (χ1v) is 4.54. The third-order valence-corrected chi connectivity index (χ3v) is 3.04. The van der Waals surface area contributed by atoms with Crippen LogP contribution < -0.4 is 5.11 Å². The molecule has 1 heterocycles. The average Bonchev–Trinajstić information content (AvgIpc) is 2.34. The van der Waals surface area contributed by atoms with E-state index in [4.69, 9.17) is 0 Å². The van der Waals surface area contributed by atoms with E-state index in [2.05, 4.69) is 15.9 Å². The van der Waals surface area contributed by atoms with Crippen LogP contribution in [-0.4, -0.2) is 5.97 Å². The van der Waals surface area contributed by atoms with Crippen molar-refractivity contribution in [3.05, 3.63) is 21.9 Å². The molecule has 1 aromatic rings. The molecule has 0 aliphatic heterocycles. The van der Waals surface area contributed by atoms with Gasteiger partial charge in [-0.1, -0.05) is 15.9 Å². The molecule has 0 spiro atoms. The van der Waals surface area contributed by atoms with E-state index in [0.717, 1.165) is 4.88 Å². The Labute approximate surface area is 70.6 Å². The molecule has 0 saturated heterocycles. The van der Waals surface area contributed by atoms with Crippen LogP contribution in [0.25, 0.3) is 0 Å². The van der Waals surface area contributed by atoms with Crippen molar-refractivity contribution in [2.45, 2.75) is 5.33 Å². The van der Waals surface area contributed by atoms with Crippen molar-refractivity contribution < 1.29 is 9.90 Å². The van der Waals surface area contributed by atoms with Gasteiger partial charge in [0.2, 0.25) is 0 Å². The molecule has 0 fully saturated rings. The van der Waals surface area contributed by atoms with Crippen LogP contribution in [0.2, 0.25) is 0 Å². The van der Waals surface area contributed by atoms with Crippen LogP contribution in [-0.2, 0) is 5.33 Å². The van der Waals surface area contributed by atoms with E-state index in [9.17, 15) is 9.90 Å². The number of alkyl halides is 1. The van der Waals surface area contributed by atoms with Gasteiger partial charge in [0.1, 0.15) is 0 Å². The predicted octanol–water partition coefficient (Wildman–Crippen LogP) is 1.01. The summed E-state index contributed by atoms with van der Waals surface area (Å²) in [6.07, 6.45) is 0. The summed E-state index contributed by atoms with van der Waals surface area (Å²) < 4.78 is 0. The smallest absolute Gasteiger partial charge is 0.0815 e. The van der Waals surface area contributed by atoms with Gasteiger partial charge < -0.3 is 9.90 Å². The second-order valence-corrected chi connectivity index (χ2v) is 3.42. The molecule has 1 rings (SSSR count). The predicted molar refractivity (Wildman–Crippen MR) is 41.3 cm³/mol. The van der Waals surface area contributed by atoms with Gasteiger partial charge >= 0.3 is 0 Å². The standard InChI is InChI=1S/C6H5BrO2S/c7-3-4-1-2-5(10-4)6(8)9/h1-2H,3H2,(H,8,9)/p-1. The van der Waals surface area contributed by atoms with Crippen LogP contribution in [0.5, 0.6) is 0 Å². The van der Waals surface area contributed by atoms with Crippen molar-refractivity contribution in [2.24, 2.45) is 0 Å². The number of carboxylic acids is 1. The quantitative estimate of drug-likeness (QED) is 0.697. The lowest BCUT2D eigenvalue weighted by atomic mass is 10.4. The van der Waals surface area contributed by atoms with Crippen molar-refractivity contribution in [1.82, 2.24) is 0 Å². The van der Waals surface area contributed by atoms with Gasteiger partial charge in [0.25, 0.3) is 0 Å². The van der Waals surface area contributed by atoms with Crippen molar-refractivity contribution in [2.75, 3.05) is 0 Å². The minimum atomic E-state index is -1.10. The summed E-state index contributed by atoms with van der Waals surface area (Å²) in [6, 6.07) is 3.32. The number of carboxylic acid groups (broad SMARTS) is 1. The molecule has 0 atom stereocenters. The third-order valence-electron chi connectivity index (χ3n) is 0.995. The first-order valence-electron chi connectivity index (χ1n) is 2.60. The van der Waals surface area contributed by atoms with Gasteiger partial charge in [-0.2, -0.15) is 0 Å². The zero-order valence-electron chi connectivity index (χ0n) is 4.96. The Morgan fingerprint density at radius 3 is 2.70 bits per heavy atom. The van der Waals surface area contributed by atoms with Gasteiger partial charge in [0.05, 0.1) is 10.8 Å². The van der Waals surface area contributed by atoms with Crippen LogP contribution in [0, 0.1) is 0 Å². The Balaban J connectivity index is 2.88. The maximum absolute atomic E-state index is 10.2. The molecule has 0 aliphatic rings. The average molecular weight is 220 g/mol. The number of carbonyl (C=O) groups is 1. The highest BCUT2D eigenvalue weighted by Crippen LogP contribution is 2.17. The fourth-order valence-corrected chi connectivity index (χ4v) is 1.78. The van der Waals surface area contributed by atoms with E-state index in [1.165, 1.54) is 11.3 Å². The fraction of sp³-hybridized carbons (Fsp3) is 0.167. The molecular formula is C6H4BrO2S-. The van der Waals surface area contributed by atoms with Crippen molar-refractivity contribution in [1.29, 1.82) is 0 Å². The highest BCUT2D eigenvalue weighted by Gasteiger charge is 1.97. The Kier molecular flexibility index (Phi) is 2.45. The second-order valence-electron chi connectivity index (χ2n) is 1.69. The number of hydrogen-bond donors (Lipinski definition) is 0. The number of aromatic carboxylic acids is 1. The van der Waals surface area contributed by atoms with Gasteiger partial charge in [-0.25, -0.2) is 0 Å².